The van der Waals surface area contributed by atoms with Gasteiger partial charge in [0, 0.05) is 18.7 Å². The third kappa shape index (κ3) is 4.19. The van der Waals surface area contributed by atoms with Crippen LogP contribution in [0.2, 0.25) is 0 Å². The topological polar surface area (TPSA) is 69.4 Å². The van der Waals surface area contributed by atoms with Crippen molar-refractivity contribution in [2.24, 2.45) is 0 Å². The first kappa shape index (κ1) is 16.7. The summed E-state index contributed by atoms with van der Waals surface area (Å²) in [6.07, 6.45) is 2.57. The fraction of sp³-hybridized carbons (Fsp3) is 0.467. The minimum atomic E-state index is 0. The first-order valence-corrected chi connectivity index (χ1v) is 7.14. The summed E-state index contributed by atoms with van der Waals surface area (Å²) in [5, 5.41) is 7.28. The molecule has 1 atom stereocenters. The number of methoxy groups -OCH3 is 1. The quantitative estimate of drug-likeness (QED) is 0.879. The van der Waals surface area contributed by atoms with Crippen LogP contribution in [0.5, 0.6) is 5.75 Å². The van der Waals surface area contributed by atoms with Gasteiger partial charge in [0.05, 0.1) is 19.8 Å². The summed E-state index contributed by atoms with van der Waals surface area (Å²) in [5.41, 5.74) is 0.878. The maximum Gasteiger partial charge on any atom is 0.240 e. The number of aromatic nitrogens is 2. The van der Waals surface area contributed by atoms with Gasteiger partial charge in [0.1, 0.15) is 5.75 Å². The van der Waals surface area contributed by atoms with Gasteiger partial charge in [-0.1, -0.05) is 17.3 Å². The van der Waals surface area contributed by atoms with Crippen LogP contribution in [0.25, 0.3) is 11.4 Å². The van der Waals surface area contributed by atoms with Crippen molar-refractivity contribution in [1.29, 1.82) is 0 Å². The van der Waals surface area contributed by atoms with Crippen LogP contribution in [-0.4, -0.2) is 36.5 Å². The van der Waals surface area contributed by atoms with Crippen LogP contribution in [0.15, 0.2) is 28.8 Å². The van der Waals surface area contributed by atoms with E-state index in [-0.39, 0.29) is 12.4 Å². The molecule has 22 heavy (non-hydrogen) atoms. The average Bonchev–Trinajstić information content (AvgIpc) is 3.19. The molecule has 0 spiro atoms. The van der Waals surface area contributed by atoms with Gasteiger partial charge in [-0.05, 0) is 25.0 Å². The molecule has 1 aromatic heterocycles. The molecule has 1 fully saturated rings. The smallest absolute Gasteiger partial charge is 0.240 e. The SMILES string of the molecule is COc1cccc(-c2noc(CNCC3CCCO3)n2)c1.Cl. The van der Waals surface area contributed by atoms with Crippen molar-refractivity contribution >= 4 is 12.4 Å². The average molecular weight is 326 g/mol. The standard InChI is InChI=1S/C15H19N3O3.ClH/c1-19-12-5-2-4-11(8-12)15-17-14(21-18-15)10-16-9-13-6-3-7-20-13;/h2,4-5,8,13,16H,3,6-7,9-10H2,1H3;1H. The summed E-state index contributed by atoms with van der Waals surface area (Å²) >= 11 is 0. The minimum Gasteiger partial charge on any atom is -0.497 e. The minimum absolute atomic E-state index is 0. The van der Waals surface area contributed by atoms with Crippen LogP contribution in [0.3, 0.4) is 0 Å². The van der Waals surface area contributed by atoms with E-state index in [1.807, 2.05) is 24.3 Å². The number of nitrogens with zero attached hydrogens (tertiary/aromatic N) is 2. The molecule has 2 aromatic rings. The fourth-order valence-electron chi connectivity index (χ4n) is 2.35. The summed E-state index contributed by atoms with van der Waals surface area (Å²) in [5.74, 6) is 1.92. The number of nitrogens with one attached hydrogen (secondary N) is 1. The highest BCUT2D eigenvalue weighted by Gasteiger charge is 2.15. The molecule has 1 N–H and O–H groups in total. The molecule has 0 amide bonds. The molecule has 1 aliphatic rings. The van der Waals surface area contributed by atoms with Gasteiger partial charge >= 0.3 is 0 Å². The van der Waals surface area contributed by atoms with Crippen LogP contribution in [0.4, 0.5) is 0 Å². The molecule has 1 saturated heterocycles. The summed E-state index contributed by atoms with van der Waals surface area (Å²) in [6, 6.07) is 7.60. The molecule has 0 radical (unpaired) electrons. The number of benzene rings is 1. The molecule has 6 nitrogen and oxygen atoms in total. The highest BCUT2D eigenvalue weighted by molar-refractivity contribution is 5.85. The lowest BCUT2D eigenvalue weighted by atomic mass is 10.2. The van der Waals surface area contributed by atoms with Crippen molar-refractivity contribution in [3.63, 3.8) is 0 Å². The number of hydrogen-bond acceptors (Lipinski definition) is 6. The van der Waals surface area contributed by atoms with Crippen molar-refractivity contribution < 1.29 is 14.0 Å². The molecule has 3 rings (SSSR count). The van der Waals surface area contributed by atoms with Gasteiger partial charge in [0.25, 0.3) is 0 Å². The Bertz CT molecular complexity index is 585. The highest BCUT2D eigenvalue weighted by Crippen LogP contribution is 2.21. The first-order chi connectivity index (χ1) is 10.3. The Morgan fingerprint density at radius 1 is 1.41 bits per heavy atom. The zero-order valence-electron chi connectivity index (χ0n) is 12.4. The Labute approximate surface area is 135 Å². The lowest BCUT2D eigenvalue weighted by Crippen LogP contribution is -2.25. The van der Waals surface area contributed by atoms with Crippen LogP contribution < -0.4 is 10.1 Å². The second-order valence-electron chi connectivity index (χ2n) is 5.01. The summed E-state index contributed by atoms with van der Waals surface area (Å²) < 4.78 is 16.0. The molecular formula is C15H20ClN3O3. The third-order valence-corrected chi connectivity index (χ3v) is 3.47. The molecule has 1 unspecified atom stereocenters. The Kier molecular flexibility index (Phi) is 6.18. The van der Waals surface area contributed by atoms with E-state index >= 15 is 0 Å². The van der Waals surface area contributed by atoms with E-state index in [1.54, 1.807) is 7.11 Å². The number of rotatable bonds is 6. The van der Waals surface area contributed by atoms with Crippen molar-refractivity contribution in [3.8, 4) is 17.1 Å². The molecule has 1 aromatic carbocycles. The van der Waals surface area contributed by atoms with Crippen LogP contribution in [0.1, 0.15) is 18.7 Å². The van der Waals surface area contributed by atoms with Gasteiger partial charge < -0.3 is 19.3 Å². The van der Waals surface area contributed by atoms with E-state index in [4.69, 9.17) is 14.0 Å². The molecular weight excluding hydrogens is 306 g/mol. The van der Waals surface area contributed by atoms with Crippen molar-refractivity contribution in [2.75, 3.05) is 20.3 Å². The zero-order chi connectivity index (χ0) is 14.5. The Balaban J connectivity index is 0.00000176. The Hall–Kier alpha value is -1.63. The van der Waals surface area contributed by atoms with E-state index in [1.165, 1.54) is 0 Å². The normalized spacial score (nSPS) is 17.2. The van der Waals surface area contributed by atoms with Gasteiger partial charge in [-0.15, -0.1) is 12.4 Å². The number of ether oxygens (including phenoxy) is 2. The van der Waals surface area contributed by atoms with Crippen LogP contribution in [0, 0.1) is 0 Å². The number of halogens is 1. The second kappa shape index (κ2) is 8.12. The predicted molar refractivity (Wildman–Crippen MR) is 84.2 cm³/mol. The molecule has 2 heterocycles. The zero-order valence-corrected chi connectivity index (χ0v) is 13.3. The van der Waals surface area contributed by atoms with E-state index in [0.29, 0.717) is 24.4 Å². The molecule has 120 valence electrons. The number of hydrogen-bond donors (Lipinski definition) is 1. The van der Waals surface area contributed by atoms with E-state index in [0.717, 1.165) is 37.3 Å². The van der Waals surface area contributed by atoms with Crippen LogP contribution >= 0.6 is 12.4 Å². The lowest BCUT2D eigenvalue weighted by molar-refractivity contribution is 0.109. The van der Waals surface area contributed by atoms with Crippen molar-refractivity contribution in [2.45, 2.75) is 25.5 Å². The van der Waals surface area contributed by atoms with E-state index in [2.05, 4.69) is 15.5 Å². The summed E-state index contributed by atoms with van der Waals surface area (Å²) in [6.45, 7) is 2.24. The Morgan fingerprint density at radius 2 is 2.32 bits per heavy atom. The largest absolute Gasteiger partial charge is 0.497 e. The van der Waals surface area contributed by atoms with Crippen LogP contribution in [-0.2, 0) is 11.3 Å². The maximum absolute atomic E-state index is 5.55. The fourth-order valence-corrected chi connectivity index (χ4v) is 2.35. The molecule has 0 saturated carbocycles. The lowest BCUT2D eigenvalue weighted by Gasteiger charge is -2.08. The summed E-state index contributed by atoms with van der Waals surface area (Å²) in [4.78, 5) is 4.38. The first-order valence-electron chi connectivity index (χ1n) is 7.14. The Morgan fingerprint density at radius 3 is 3.09 bits per heavy atom. The van der Waals surface area contributed by atoms with Crippen molar-refractivity contribution in [1.82, 2.24) is 15.5 Å². The van der Waals surface area contributed by atoms with Gasteiger partial charge in [0.2, 0.25) is 11.7 Å². The molecule has 7 heteroatoms. The van der Waals surface area contributed by atoms with E-state index in [9.17, 15) is 0 Å². The van der Waals surface area contributed by atoms with Gasteiger partial charge in [-0.3, -0.25) is 0 Å². The van der Waals surface area contributed by atoms with Gasteiger partial charge in [-0.25, -0.2) is 0 Å². The van der Waals surface area contributed by atoms with E-state index < -0.39 is 0 Å². The molecule has 0 bridgehead atoms. The second-order valence-corrected chi connectivity index (χ2v) is 5.01. The maximum atomic E-state index is 5.55. The monoisotopic (exact) mass is 325 g/mol. The molecule has 0 aliphatic carbocycles. The van der Waals surface area contributed by atoms with Crippen molar-refractivity contribution in [3.05, 3.63) is 30.2 Å². The summed E-state index contributed by atoms with van der Waals surface area (Å²) in [7, 11) is 1.63. The van der Waals surface area contributed by atoms with Gasteiger partial charge in [0.15, 0.2) is 0 Å². The highest BCUT2D eigenvalue weighted by atomic mass is 35.5. The third-order valence-electron chi connectivity index (χ3n) is 3.47. The molecule has 1 aliphatic heterocycles. The van der Waals surface area contributed by atoms with Gasteiger partial charge in [-0.2, -0.15) is 4.98 Å². The predicted octanol–water partition coefficient (Wildman–Crippen LogP) is 2.44.